The molecule has 2 rings (SSSR count). The molecule has 2 aromatic rings. The standard InChI is InChI=1S/C15H15N5O2S/c1-2-22-12-5-3-11(4-6-12)19-13(21)9-23-15-18-8-10(7-16)14(17)20-15/h3-6,8H,2,9H2,1H3,(H,19,21)(H2,17,18,20). The van der Waals surface area contributed by atoms with Crippen molar-refractivity contribution in [3.8, 4) is 11.8 Å². The molecule has 3 N–H and O–H groups in total. The second-order valence-electron chi connectivity index (χ2n) is 4.36. The topological polar surface area (TPSA) is 114 Å². The Morgan fingerprint density at radius 3 is 2.78 bits per heavy atom. The molecule has 0 aliphatic carbocycles. The van der Waals surface area contributed by atoms with Crippen LogP contribution >= 0.6 is 11.8 Å². The fraction of sp³-hybridized carbons (Fsp3) is 0.200. The molecule has 1 aromatic heterocycles. The summed E-state index contributed by atoms with van der Waals surface area (Å²) >= 11 is 1.14. The number of rotatable bonds is 6. The third-order valence-corrected chi connectivity index (χ3v) is 3.56. The lowest BCUT2D eigenvalue weighted by molar-refractivity contribution is -0.113. The largest absolute Gasteiger partial charge is 0.494 e. The molecule has 0 aliphatic heterocycles. The van der Waals surface area contributed by atoms with E-state index in [-0.39, 0.29) is 23.0 Å². The first-order chi connectivity index (χ1) is 11.1. The van der Waals surface area contributed by atoms with E-state index in [2.05, 4.69) is 15.3 Å². The molecule has 0 unspecified atom stereocenters. The van der Waals surface area contributed by atoms with Gasteiger partial charge in [0, 0.05) is 5.69 Å². The Morgan fingerprint density at radius 1 is 1.43 bits per heavy atom. The molecule has 7 nitrogen and oxygen atoms in total. The molecule has 0 aliphatic rings. The van der Waals surface area contributed by atoms with Gasteiger partial charge in [0.25, 0.3) is 0 Å². The van der Waals surface area contributed by atoms with Crippen LogP contribution in [0.4, 0.5) is 11.5 Å². The maximum atomic E-state index is 11.9. The molecule has 8 heteroatoms. The molecule has 0 saturated heterocycles. The molecule has 1 amide bonds. The number of hydrogen-bond acceptors (Lipinski definition) is 7. The van der Waals surface area contributed by atoms with Crippen LogP contribution in [-0.2, 0) is 4.79 Å². The number of nitrogens with one attached hydrogen (secondary N) is 1. The van der Waals surface area contributed by atoms with Crippen molar-refractivity contribution in [2.75, 3.05) is 23.4 Å². The highest BCUT2D eigenvalue weighted by Gasteiger charge is 2.08. The second-order valence-corrected chi connectivity index (χ2v) is 5.30. The summed E-state index contributed by atoms with van der Waals surface area (Å²) in [6.07, 6.45) is 1.34. The van der Waals surface area contributed by atoms with Crippen molar-refractivity contribution in [2.45, 2.75) is 12.1 Å². The normalized spacial score (nSPS) is 9.91. The van der Waals surface area contributed by atoms with Crippen molar-refractivity contribution in [3.63, 3.8) is 0 Å². The number of nitrogens with two attached hydrogens (primary N) is 1. The van der Waals surface area contributed by atoms with Crippen molar-refractivity contribution >= 4 is 29.2 Å². The van der Waals surface area contributed by atoms with E-state index >= 15 is 0 Å². The van der Waals surface area contributed by atoms with Crippen molar-refractivity contribution in [2.24, 2.45) is 0 Å². The van der Waals surface area contributed by atoms with Crippen LogP contribution in [0.25, 0.3) is 0 Å². The Hall–Kier alpha value is -2.79. The number of nitrogens with zero attached hydrogens (tertiary/aromatic N) is 3. The predicted octanol–water partition coefficient (Wildman–Crippen LogP) is 2.06. The van der Waals surface area contributed by atoms with Crippen LogP contribution in [0.3, 0.4) is 0 Å². The van der Waals surface area contributed by atoms with E-state index in [4.69, 9.17) is 15.7 Å². The zero-order valence-corrected chi connectivity index (χ0v) is 13.3. The molecule has 0 fully saturated rings. The SMILES string of the molecule is CCOc1ccc(NC(=O)CSc2ncc(C#N)c(N)n2)cc1. The summed E-state index contributed by atoms with van der Waals surface area (Å²) in [6.45, 7) is 2.50. The maximum Gasteiger partial charge on any atom is 0.234 e. The van der Waals surface area contributed by atoms with E-state index in [0.717, 1.165) is 17.5 Å². The quantitative estimate of drug-likeness (QED) is 0.616. The summed E-state index contributed by atoms with van der Waals surface area (Å²) in [5.74, 6) is 0.808. The number of aromatic nitrogens is 2. The van der Waals surface area contributed by atoms with Gasteiger partial charge in [-0.2, -0.15) is 5.26 Å². The third kappa shape index (κ3) is 4.86. The van der Waals surface area contributed by atoms with E-state index in [9.17, 15) is 4.79 Å². The highest BCUT2D eigenvalue weighted by atomic mass is 32.2. The van der Waals surface area contributed by atoms with Crippen LogP contribution in [0.5, 0.6) is 5.75 Å². The van der Waals surface area contributed by atoms with Gasteiger partial charge in [0.1, 0.15) is 23.2 Å². The van der Waals surface area contributed by atoms with Gasteiger partial charge in [0.2, 0.25) is 5.91 Å². The minimum absolute atomic E-state index is 0.108. The molecule has 23 heavy (non-hydrogen) atoms. The van der Waals surface area contributed by atoms with E-state index in [1.807, 2.05) is 13.0 Å². The van der Waals surface area contributed by atoms with Crippen LogP contribution in [-0.4, -0.2) is 28.2 Å². The van der Waals surface area contributed by atoms with Gasteiger partial charge >= 0.3 is 0 Å². The summed E-state index contributed by atoms with van der Waals surface area (Å²) in [7, 11) is 0. The lowest BCUT2D eigenvalue weighted by Gasteiger charge is -2.07. The van der Waals surface area contributed by atoms with E-state index in [0.29, 0.717) is 17.5 Å². The third-order valence-electron chi connectivity index (χ3n) is 2.70. The van der Waals surface area contributed by atoms with Gasteiger partial charge in [-0.3, -0.25) is 4.79 Å². The number of amides is 1. The highest BCUT2D eigenvalue weighted by Crippen LogP contribution is 2.18. The maximum absolute atomic E-state index is 11.9. The van der Waals surface area contributed by atoms with Crippen LogP contribution in [0.1, 0.15) is 12.5 Å². The number of nitriles is 1. The average molecular weight is 329 g/mol. The zero-order chi connectivity index (χ0) is 16.7. The number of nitrogen functional groups attached to an aromatic ring is 1. The number of carbonyl (C=O) groups is 1. The van der Waals surface area contributed by atoms with Gasteiger partial charge in [-0.25, -0.2) is 9.97 Å². The fourth-order valence-electron chi connectivity index (χ4n) is 1.66. The monoisotopic (exact) mass is 329 g/mol. The average Bonchev–Trinajstić information content (AvgIpc) is 2.55. The van der Waals surface area contributed by atoms with Gasteiger partial charge in [-0.15, -0.1) is 0 Å². The fourth-order valence-corrected chi connectivity index (χ4v) is 2.28. The summed E-state index contributed by atoms with van der Waals surface area (Å²) in [4.78, 5) is 19.8. The number of carbonyl (C=O) groups excluding carboxylic acids is 1. The summed E-state index contributed by atoms with van der Waals surface area (Å²) < 4.78 is 5.33. The highest BCUT2D eigenvalue weighted by molar-refractivity contribution is 7.99. The molecular formula is C15H15N5O2S. The first kappa shape index (κ1) is 16.6. The Morgan fingerprint density at radius 2 is 2.17 bits per heavy atom. The molecule has 0 atom stereocenters. The summed E-state index contributed by atoms with van der Waals surface area (Å²) in [5, 5.41) is 11.9. The molecule has 0 saturated carbocycles. The summed E-state index contributed by atoms with van der Waals surface area (Å²) in [6, 6.07) is 9.00. The van der Waals surface area contributed by atoms with Gasteiger partial charge in [-0.1, -0.05) is 11.8 Å². The minimum Gasteiger partial charge on any atom is -0.494 e. The number of benzene rings is 1. The number of hydrogen-bond donors (Lipinski definition) is 2. The van der Waals surface area contributed by atoms with Crippen LogP contribution in [0.15, 0.2) is 35.6 Å². The first-order valence-electron chi connectivity index (χ1n) is 6.80. The smallest absolute Gasteiger partial charge is 0.234 e. The number of anilines is 2. The van der Waals surface area contributed by atoms with Gasteiger partial charge in [-0.05, 0) is 31.2 Å². The molecule has 0 radical (unpaired) electrons. The molecule has 118 valence electrons. The van der Waals surface area contributed by atoms with Crippen LogP contribution in [0, 0.1) is 11.3 Å². The van der Waals surface area contributed by atoms with Crippen molar-refractivity contribution in [1.29, 1.82) is 5.26 Å². The Labute approximate surface area is 137 Å². The Kier molecular flexibility index (Phi) is 5.77. The second kappa shape index (κ2) is 8.00. The van der Waals surface area contributed by atoms with Gasteiger partial charge in [0.05, 0.1) is 18.6 Å². The van der Waals surface area contributed by atoms with Crippen LogP contribution in [0.2, 0.25) is 0 Å². The number of ether oxygens (including phenoxy) is 1. The molecule has 1 aromatic carbocycles. The minimum atomic E-state index is -0.189. The molecule has 0 spiro atoms. The van der Waals surface area contributed by atoms with Crippen molar-refractivity contribution in [3.05, 3.63) is 36.0 Å². The van der Waals surface area contributed by atoms with E-state index in [1.165, 1.54) is 6.20 Å². The number of thioether (sulfide) groups is 1. The first-order valence-corrected chi connectivity index (χ1v) is 7.79. The van der Waals surface area contributed by atoms with E-state index in [1.54, 1.807) is 24.3 Å². The molecular weight excluding hydrogens is 314 g/mol. The van der Waals surface area contributed by atoms with Crippen molar-refractivity contribution < 1.29 is 9.53 Å². The lowest BCUT2D eigenvalue weighted by Crippen LogP contribution is -2.14. The Balaban J connectivity index is 1.87. The predicted molar refractivity (Wildman–Crippen MR) is 88.1 cm³/mol. The lowest BCUT2D eigenvalue weighted by atomic mass is 10.3. The van der Waals surface area contributed by atoms with Crippen LogP contribution < -0.4 is 15.8 Å². The zero-order valence-electron chi connectivity index (χ0n) is 12.4. The molecule has 1 heterocycles. The van der Waals surface area contributed by atoms with Gasteiger partial charge < -0.3 is 15.8 Å². The van der Waals surface area contributed by atoms with Crippen molar-refractivity contribution in [1.82, 2.24) is 9.97 Å². The Bertz CT molecular complexity index is 728. The van der Waals surface area contributed by atoms with Gasteiger partial charge in [0.15, 0.2) is 5.16 Å². The molecule has 0 bridgehead atoms. The summed E-state index contributed by atoms with van der Waals surface area (Å²) in [5.41, 5.74) is 6.50. The van der Waals surface area contributed by atoms with E-state index < -0.39 is 0 Å².